The van der Waals surface area contributed by atoms with Gasteiger partial charge in [0, 0.05) is 0 Å². The van der Waals surface area contributed by atoms with Crippen LogP contribution in [0.3, 0.4) is 0 Å². The molecule has 0 heterocycles. The van der Waals surface area contributed by atoms with Crippen molar-refractivity contribution in [3.05, 3.63) is 0 Å². The van der Waals surface area contributed by atoms with Gasteiger partial charge in [-0.15, -0.1) is 0 Å². The second kappa shape index (κ2) is 4.74. The van der Waals surface area contributed by atoms with E-state index in [1.807, 2.05) is 0 Å². The second-order valence-electron chi connectivity index (χ2n) is 10.5. The van der Waals surface area contributed by atoms with Gasteiger partial charge in [0.05, 0.1) is 18.3 Å². The number of rotatable bonds is 1. The molecule has 4 fully saturated rings. The summed E-state index contributed by atoms with van der Waals surface area (Å²) in [6, 6.07) is 0. The van der Waals surface area contributed by atoms with Crippen molar-refractivity contribution < 1.29 is 15.3 Å². The molecule has 7 atom stereocenters. The van der Waals surface area contributed by atoms with E-state index in [1.54, 1.807) is 0 Å². The van der Waals surface area contributed by atoms with E-state index >= 15 is 0 Å². The maximum Gasteiger partial charge on any atom is 0.0910 e. The third kappa shape index (κ3) is 2.05. The Labute approximate surface area is 140 Å². The summed E-state index contributed by atoms with van der Waals surface area (Å²) in [5, 5.41) is 31.3. The standard InChI is InChI=1S/C20H34O3/c1-17(2)9-14(22)10-18(3)15(17)6-7-19-8-13(4-5-16(18)19)20(23,11-19)12-21/h13-16,21-23H,4-12H2,1-3H3/t13-,14+,15+,16-,18+,19-,20-/m0/s1. The van der Waals surface area contributed by atoms with E-state index in [0.717, 1.165) is 32.1 Å². The molecule has 0 radical (unpaired) electrons. The molecule has 0 unspecified atom stereocenters. The van der Waals surface area contributed by atoms with Gasteiger partial charge < -0.3 is 15.3 Å². The average Bonchev–Trinajstić information content (AvgIpc) is 2.64. The predicted octanol–water partition coefficient (Wildman–Crippen LogP) is 3.11. The summed E-state index contributed by atoms with van der Waals surface area (Å²) in [5.74, 6) is 1.55. The topological polar surface area (TPSA) is 60.7 Å². The summed E-state index contributed by atoms with van der Waals surface area (Å²) < 4.78 is 0. The van der Waals surface area contributed by atoms with Gasteiger partial charge in [0.1, 0.15) is 0 Å². The Balaban J connectivity index is 1.73. The molecule has 4 aliphatic carbocycles. The van der Waals surface area contributed by atoms with Crippen molar-refractivity contribution in [1.82, 2.24) is 0 Å². The van der Waals surface area contributed by atoms with Gasteiger partial charge in [-0.2, -0.15) is 0 Å². The van der Waals surface area contributed by atoms with Crippen LogP contribution in [0, 0.1) is 34.0 Å². The van der Waals surface area contributed by atoms with Crippen LogP contribution >= 0.6 is 0 Å². The zero-order valence-electron chi connectivity index (χ0n) is 15.0. The van der Waals surface area contributed by atoms with Crippen LogP contribution in [0.15, 0.2) is 0 Å². The SMILES string of the molecule is CC1(C)C[C@@H](O)C[C@]2(C)[C@@H]1CC[C@@]13C[C@H](CC[C@H]12)[C@@](O)(CO)C3. The zero-order chi connectivity index (χ0) is 16.7. The highest BCUT2D eigenvalue weighted by atomic mass is 16.3. The smallest absolute Gasteiger partial charge is 0.0910 e. The molecule has 0 aromatic rings. The van der Waals surface area contributed by atoms with E-state index in [9.17, 15) is 15.3 Å². The third-order valence-corrected chi connectivity index (χ3v) is 8.79. The zero-order valence-corrected chi connectivity index (χ0v) is 15.0. The third-order valence-electron chi connectivity index (χ3n) is 8.79. The molecule has 0 aliphatic heterocycles. The molecule has 0 aromatic heterocycles. The first-order valence-electron chi connectivity index (χ1n) is 9.67. The number of aliphatic hydroxyl groups excluding tert-OH is 2. The summed E-state index contributed by atoms with van der Waals surface area (Å²) >= 11 is 0. The van der Waals surface area contributed by atoms with Crippen molar-refractivity contribution in [3.63, 3.8) is 0 Å². The molecule has 0 aromatic carbocycles. The van der Waals surface area contributed by atoms with Crippen molar-refractivity contribution in [3.8, 4) is 0 Å². The molecule has 3 heteroatoms. The Morgan fingerprint density at radius 3 is 2.39 bits per heavy atom. The summed E-state index contributed by atoms with van der Waals surface area (Å²) in [5.41, 5.74) is -0.249. The van der Waals surface area contributed by atoms with E-state index < -0.39 is 5.60 Å². The molecule has 1 spiro atoms. The number of hydrogen-bond donors (Lipinski definition) is 3. The van der Waals surface area contributed by atoms with Crippen molar-refractivity contribution in [2.24, 2.45) is 34.0 Å². The molecular weight excluding hydrogens is 288 g/mol. The van der Waals surface area contributed by atoms with Gasteiger partial charge >= 0.3 is 0 Å². The Kier molecular flexibility index (Phi) is 3.37. The van der Waals surface area contributed by atoms with Crippen LogP contribution in [-0.4, -0.2) is 33.6 Å². The summed E-state index contributed by atoms with van der Waals surface area (Å²) in [7, 11) is 0. The Morgan fingerprint density at radius 1 is 0.957 bits per heavy atom. The molecule has 4 rings (SSSR count). The first-order valence-corrected chi connectivity index (χ1v) is 9.67. The van der Waals surface area contributed by atoms with Crippen LogP contribution in [0.4, 0.5) is 0 Å². The van der Waals surface area contributed by atoms with Gasteiger partial charge in [-0.25, -0.2) is 0 Å². The number of hydrogen-bond acceptors (Lipinski definition) is 3. The maximum absolute atomic E-state index is 10.9. The molecule has 4 aliphatic rings. The monoisotopic (exact) mass is 322 g/mol. The van der Waals surface area contributed by atoms with Gasteiger partial charge in [-0.05, 0) is 85.4 Å². The van der Waals surface area contributed by atoms with Crippen molar-refractivity contribution in [1.29, 1.82) is 0 Å². The minimum absolute atomic E-state index is 0.0829. The summed E-state index contributed by atoms with van der Waals surface area (Å²) in [6.07, 6.45) is 8.18. The van der Waals surface area contributed by atoms with Crippen LogP contribution in [0.1, 0.15) is 72.1 Å². The second-order valence-corrected chi connectivity index (χ2v) is 10.5. The normalized spacial score (nSPS) is 57.7. The molecule has 3 N–H and O–H groups in total. The molecule has 23 heavy (non-hydrogen) atoms. The Morgan fingerprint density at radius 2 is 1.70 bits per heavy atom. The van der Waals surface area contributed by atoms with Gasteiger partial charge in [-0.1, -0.05) is 20.8 Å². The fraction of sp³-hybridized carbons (Fsp3) is 1.00. The predicted molar refractivity (Wildman–Crippen MR) is 89.8 cm³/mol. The molecule has 132 valence electrons. The van der Waals surface area contributed by atoms with E-state index in [2.05, 4.69) is 20.8 Å². The maximum atomic E-state index is 10.9. The lowest BCUT2D eigenvalue weighted by molar-refractivity contribution is -0.171. The molecule has 0 saturated heterocycles. The molecule has 4 saturated carbocycles. The average molecular weight is 322 g/mol. The highest BCUT2D eigenvalue weighted by molar-refractivity contribution is 5.17. The minimum atomic E-state index is -0.846. The quantitative estimate of drug-likeness (QED) is 0.695. The fourth-order valence-electron chi connectivity index (χ4n) is 8.30. The summed E-state index contributed by atoms with van der Waals surface area (Å²) in [4.78, 5) is 0. The van der Waals surface area contributed by atoms with Crippen molar-refractivity contribution in [2.75, 3.05) is 6.61 Å². The van der Waals surface area contributed by atoms with Crippen LogP contribution in [0.25, 0.3) is 0 Å². The number of fused-ring (bicyclic) bond motifs is 3. The lowest BCUT2D eigenvalue weighted by atomic mass is 9.41. The van der Waals surface area contributed by atoms with Gasteiger partial charge in [0.25, 0.3) is 0 Å². The summed E-state index contributed by atoms with van der Waals surface area (Å²) in [6.45, 7) is 7.05. The van der Waals surface area contributed by atoms with Crippen LogP contribution in [0.5, 0.6) is 0 Å². The Hall–Kier alpha value is -0.120. The van der Waals surface area contributed by atoms with E-state index in [1.165, 1.54) is 19.3 Å². The van der Waals surface area contributed by atoms with E-state index in [0.29, 0.717) is 11.8 Å². The number of aliphatic hydroxyl groups is 3. The van der Waals surface area contributed by atoms with Crippen molar-refractivity contribution in [2.45, 2.75) is 83.8 Å². The minimum Gasteiger partial charge on any atom is -0.393 e. The van der Waals surface area contributed by atoms with Crippen molar-refractivity contribution >= 4 is 0 Å². The lowest BCUT2D eigenvalue weighted by Crippen LogP contribution is -2.58. The molecule has 0 amide bonds. The first kappa shape index (κ1) is 16.4. The van der Waals surface area contributed by atoms with Crippen LogP contribution < -0.4 is 0 Å². The van der Waals surface area contributed by atoms with Gasteiger partial charge in [-0.3, -0.25) is 0 Å². The highest BCUT2D eigenvalue weighted by Gasteiger charge is 2.67. The molecule has 3 nitrogen and oxygen atoms in total. The van der Waals surface area contributed by atoms with E-state index in [4.69, 9.17) is 0 Å². The molecular formula is C20H34O3. The fourth-order valence-corrected chi connectivity index (χ4v) is 8.30. The highest BCUT2D eigenvalue weighted by Crippen LogP contribution is 2.72. The van der Waals surface area contributed by atoms with Crippen LogP contribution in [-0.2, 0) is 0 Å². The largest absolute Gasteiger partial charge is 0.393 e. The first-order chi connectivity index (χ1) is 10.7. The van der Waals surface area contributed by atoms with Crippen LogP contribution in [0.2, 0.25) is 0 Å². The van der Waals surface area contributed by atoms with E-state index in [-0.39, 0.29) is 34.9 Å². The molecule has 2 bridgehead atoms. The van der Waals surface area contributed by atoms with Gasteiger partial charge in [0.2, 0.25) is 0 Å². The Bertz CT molecular complexity index is 503. The lowest BCUT2D eigenvalue weighted by Gasteiger charge is -2.64. The van der Waals surface area contributed by atoms with Gasteiger partial charge in [0.15, 0.2) is 0 Å².